The summed E-state index contributed by atoms with van der Waals surface area (Å²) in [6.45, 7) is 9.59. The summed E-state index contributed by atoms with van der Waals surface area (Å²) in [7, 11) is 1.60. The molecule has 0 radical (unpaired) electrons. The highest BCUT2D eigenvalue weighted by molar-refractivity contribution is 5.72. The second-order valence-corrected chi connectivity index (χ2v) is 4.21. The van der Waals surface area contributed by atoms with Gasteiger partial charge in [-0.1, -0.05) is 30.9 Å². The molecule has 0 unspecified atom stereocenters. The van der Waals surface area contributed by atoms with E-state index in [1.54, 1.807) is 7.05 Å². The molecule has 1 aliphatic rings. The molecule has 1 amide bonds. The van der Waals surface area contributed by atoms with Crippen LogP contribution in [0.4, 0.5) is 0 Å². The lowest BCUT2D eigenvalue weighted by atomic mass is 9.89. The van der Waals surface area contributed by atoms with Gasteiger partial charge >= 0.3 is 0 Å². The Balaban J connectivity index is 0.000000494. The van der Waals surface area contributed by atoms with Gasteiger partial charge in [0.25, 0.3) is 0 Å². The Morgan fingerprint density at radius 3 is 2.33 bits per heavy atom. The summed E-state index contributed by atoms with van der Waals surface area (Å²) in [4.78, 5) is 9.70. The van der Waals surface area contributed by atoms with Crippen LogP contribution in [-0.2, 0) is 4.79 Å². The predicted octanol–water partition coefficient (Wildman–Crippen LogP) is 2.43. The third kappa shape index (κ3) is 7.85. The quantitative estimate of drug-likeness (QED) is 0.755. The molecule has 1 rings (SSSR count). The summed E-state index contributed by atoms with van der Waals surface area (Å²) >= 11 is 0. The molecule has 0 aromatic heterocycles. The number of nitrogens with one attached hydrogen (secondary N) is 2. The van der Waals surface area contributed by atoms with Crippen LogP contribution in [0, 0.1) is 5.92 Å². The molecule has 0 bridgehead atoms. The molecular formula is C15H26N2O. The van der Waals surface area contributed by atoms with Crippen molar-refractivity contribution in [2.45, 2.75) is 26.7 Å². The molecule has 0 spiro atoms. The van der Waals surface area contributed by atoms with Gasteiger partial charge in [0.15, 0.2) is 0 Å². The number of hydrogen-bond donors (Lipinski definition) is 2. The number of carbonyl (C=O) groups excluding carboxylic acids is 1. The van der Waals surface area contributed by atoms with Crippen molar-refractivity contribution in [3.05, 3.63) is 36.5 Å². The van der Waals surface area contributed by atoms with Crippen molar-refractivity contribution in [1.82, 2.24) is 10.6 Å². The predicted molar refractivity (Wildman–Crippen MR) is 78.4 cm³/mol. The van der Waals surface area contributed by atoms with Gasteiger partial charge < -0.3 is 10.6 Å². The van der Waals surface area contributed by atoms with E-state index in [2.05, 4.69) is 36.3 Å². The van der Waals surface area contributed by atoms with E-state index in [0.29, 0.717) is 0 Å². The first kappa shape index (κ1) is 16.6. The molecule has 0 aromatic carbocycles. The van der Waals surface area contributed by atoms with Crippen molar-refractivity contribution in [3.63, 3.8) is 0 Å². The normalized spacial score (nSPS) is 16.9. The van der Waals surface area contributed by atoms with E-state index in [9.17, 15) is 4.79 Å². The summed E-state index contributed by atoms with van der Waals surface area (Å²) in [5.74, 6) is 0.757. The summed E-state index contributed by atoms with van der Waals surface area (Å²) in [5, 5.41) is 5.77. The summed E-state index contributed by atoms with van der Waals surface area (Å²) in [6.07, 6.45) is 10.8. The third-order valence-electron chi connectivity index (χ3n) is 2.92. The van der Waals surface area contributed by atoms with Gasteiger partial charge in [-0.05, 0) is 44.3 Å². The van der Waals surface area contributed by atoms with E-state index < -0.39 is 0 Å². The van der Waals surface area contributed by atoms with Crippen molar-refractivity contribution >= 4 is 5.91 Å². The largest absolute Gasteiger partial charge is 0.359 e. The zero-order chi connectivity index (χ0) is 13.8. The van der Waals surface area contributed by atoms with Gasteiger partial charge in [-0.25, -0.2) is 0 Å². The second kappa shape index (κ2) is 10.8. The monoisotopic (exact) mass is 250 g/mol. The first-order valence-corrected chi connectivity index (χ1v) is 6.50. The van der Waals surface area contributed by atoms with Crippen LogP contribution >= 0.6 is 0 Å². The maximum atomic E-state index is 9.70. The summed E-state index contributed by atoms with van der Waals surface area (Å²) in [5.41, 5.74) is 1.46. The fourth-order valence-electron chi connectivity index (χ4n) is 1.80. The van der Waals surface area contributed by atoms with E-state index >= 15 is 0 Å². The van der Waals surface area contributed by atoms with Crippen LogP contribution in [0.5, 0.6) is 0 Å². The number of amides is 1. The van der Waals surface area contributed by atoms with Gasteiger partial charge in [0.05, 0.1) is 0 Å². The molecule has 0 atom stereocenters. The Bertz CT molecular complexity index is 300. The molecule has 1 aliphatic heterocycles. The van der Waals surface area contributed by atoms with Crippen LogP contribution in [0.15, 0.2) is 36.5 Å². The number of hydrogen-bond acceptors (Lipinski definition) is 2. The maximum Gasteiger partial charge on any atom is 0.216 e. The molecule has 18 heavy (non-hydrogen) atoms. The van der Waals surface area contributed by atoms with E-state index in [4.69, 9.17) is 0 Å². The fraction of sp³-hybridized carbons (Fsp3) is 0.533. The van der Waals surface area contributed by atoms with Crippen LogP contribution in [0.2, 0.25) is 0 Å². The van der Waals surface area contributed by atoms with Crippen molar-refractivity contribution in [1.29, 1.82) is 0 Å². The zero-order valence-corrected chi connectivity index (χ0v) is 11.8. The van der Waals surface area contributed by atoms with Crippen LogP contribution in [0.3, 0.4) is 0 Å². The standard InChI is InChI=1S/C12H19N.C3H7NO/c1-3-5-6-11(4-2)12-7-9-13-10-8-12;1-3(5)4-2/h3-6,12-13H,1,7-10H2,2H3;1-2H3,(H,4,5)/b6-5-,11-4+;. The Hall–Kier alpha value is -1.35. The molecule has 102 valence electrons. The highest BCUT2D eigenvalue weighted by atomic mass is 16.1. The highest BCUT2D eigenvalue weighted by Gasteiger charge is 2.14. The van der Waals surface area contributed by atoms with Gasteiger partial charge in [0, 0.05) is 14.0 Å². The first-order chi connectivity index (χ1) is 8.65. The molecule has 1 saturated heterocycles. The van der Waals surface area contributed by atoms with Crippen LogP contribution in [-0.4, -0.2) is 26.0 Å². The average molecular weight is 250 g/mol. The Kier molecular flexibility index (Phi) is 9.97. The molecule has 1 fully saturated rings. The van der Waals surface area contributed by atoms with Crippen molar-refractivity contribution < 1.29 is 4.79 Å². The lowest BCUT2D eigenvalue weighted by molar-refractivity contribution is -0.118. The van der Waals surface area contributed by atoms with Gasteiger partial charge in [-0.3, -0.25) is 4.79 Å². The number of piperidine rings is 1. The lowest BCUT2D eigenvalue weighted by Gasteiger charge is -2.23. The second-order valence-electron chi connectivity index (χ2n) is 4.21. The average Bonchev–Trinajstić information content (AvgIpc) is 2.41. The first-order valence-electron chi connectivity index (χ1n) is 6.50. The summed E-state index contributed by atoms with van der Waals surface area (Å²) < 4.78 is 0. The minimum absolute atomic E-state index is 0.00463. The molecule has 0 saturated carbocycles. The van der Waals surface area contributed by atoms with E-state index in [1.807, 2.05) is 12.2 Å². The topological polar surface area (TPSA) is 41.1 Å². The van der Waals surface area contributed by atoms with Gasteiger partial charge in [-0.2, -0.15) is 0 Å². The Labute approximate surface area is 111 Å². The van der Waals surface area contributed by atoms with E-state index in [1.165, 1.54) is 25.3 Å². The van der Waals surface area contributed by atoms with E-state index in [-0.39, 0.29) is 5.91 Å². The smallest absolute Gasteiger partial charge is 0.216 e. The van der Waals surface area contributed by atoms with Gasteiger partial charge in [-0.15, -0.1) is 0 Å². The molecule has 0 aromatic rings. The number of allylic oxidation sites excluding steroid dienone is 5. The lowest BCUT2D eigenvalue weighted by Crippen LogP contribution is -2.28. The third-order valence-corrected chi connectivity index (χ3v) is 2.92. The zero-order valence-electron chi connectivity index (χ0n) is 11.8. The molecule has 2 N–H and O–H groups in total. The maximum absolute atomic E-state index is 9.70. The van der Waals surface area contributed by atoms with Gasteiger partial charge in [0.2, 0.25) is 5.91 Å². The van der Waals surface area contributed by atoms with E-state index in [0.717, 1.165) is 19.0 Å². The number of carbonyl (C=O) groups is 1. The molecular weight excluding hydrogens is 224 g/mol. The minimum atomic E-state index is 0.00463. The minimum Gasteiger partial charge on any atom is -0.359 e. The number of rotatable bonds is 3. The van der Waals surface area contributed by atoms with Crippen LogP contribution < -0.4 is 10.6 Å². The molecule has 3 nitrogen and oxygen atoms in total. The van der Waals surface area contributed by atoms with Crippen molar-refractivity contribution in [2.24, 2.45) is 5.92 Å². The van der Waals surface area contributed by atoms with Crippen molar-refractivity contribution in [3.8, 4) is 0 Å². The van der Waals surface area contributed by atoms with Gasteiger partial charge in [0.1, 0.15) is 0 Å². The Morgan fingerprint density at radius 2 is 1.94 bits per heavy atom. The van der Waals surface area contributed by atoms with Crippen LogP contribution in [0.25, 0.3) is 0 Å². The molecule has 0 aliphatic carbocycles. The Morgan fingerprint density at radius 1 is 1.39 bits per heavy atom. The molecule has 3 heteroatoms. The van der Waals surface area contributed by atoms with Crippen molar-refractivity contribution in [2.75, 3.05) is 20.1 Å². The highest BCUT2D eigenvalue weighted by Crippen LogP contribution is 2.22. The molecule has 1 heterocycles. The SMILES string of the molecule is C=C/C=C\C(=C/C)C1CCNCC1.CNC(C)=O. The fourth-order valence-corrected chi connectivity index (χ4v) is 1.80. The summed E-state index contributed by atoms with van der Waals surface area (Å²) in [6, 6.07) is 0. The van der Waals surface area contributed by atoms with Crippen LogP contribution in [0.1, 0.15) is 26.7 Å².